The number of carbonyl (C=O) groups is 1. The first kappa shape index (κ1) is 13.1. The summed E-state index contributed by atoms with van der Waals surface area (Å²) in [7, 11) is 0. The molecule has 112 valence electrons. The number of carbonyl (C=O) groups excluding carboxylic acids is 1. The Kier molecular flexibility index (Phi) is 3.17. The highest BCUT2D eigenvalue weighted by Gasteiger charge is 2.45. The summed E-state index contributed by atoms with van der Waals surface area (Å²) in [5.74, 6) is 0.799. The Morgan fingerprint density at radius 3 is 2.64 bits per heavy atom. The molecule has 0 bridgehead atoms. The van der Waals surface area contributed by atoms with Gasteiger partial charge in [-0.2, -0.15) is 10.2 Å². The summed E-state index contributed by atoms with van der Waals surface area (Å²) in [4.78, 5) is 25.5. The molecule has 7 heteroatoms. The maximum atomic E-state index is 12.6. The van der Waals surface area contributed by atoms with Crippen LogP contribution in [0.15, 0.2) is 36.9 Å². The minimum Gasteiger partial charge on any atom is -0.336 e. The lowest BCUT2D eigenvalue weighted by molar-refractivity contribution is 0.0737. The Hall–Kier alpha value is -2.57. The van der Waals surface area contributed by atoms with E-state index in [0.29, 0.717) is 11.6 Å². The third-order valence-electron chi connectivity index (χ3n) is 4.48. The van der Waals surface area contributed by atoms with Gasteiger partial charge < -0.3 is 9.80 Å². The second-order valence-corrected chi connectivity index (χ2v) is 5.58. The number of anilines is 1. The molecule has 4 heterocycles. The second-order valence-electron chi connectivity index (χ2n) is 5.58. The molecule has 22 heavy (non-hydrogen) atoms. The maximum Gasteiger partial charge on any atom is 0.255 e. The summed E-state index contributed by atoms with van der Waals surface area (Å²) in [5.41, 5.74) is 0.602. The van der Waals surface area contributed by atoms with E-state index in [1.807, 2.05) is 11.0 Å². The number of hydrogen-bond acceptors (Lipinski definition) is 6. The van der Waals surface area contributed by atoms with Crippen molar-refractivity contribution in [3.8, 4) is 0 Å². The predicted molar refractivity (Wildman–Crippen MR) is 79.3 cm³/mol. The summed E-state index contributed by atoms with van der Waals surface area (Å²) >= 11 is 0. The fourth-order valence-electron chi connectivity index (χ4n) is 3.51. The molecule has 0 aliphatic carbocycles. The number of nitrogens with zero attached hydrogens (tertiary/aromatic N) is 6. The zero-order valence-electron chi connectivity index (χ0n) is 12.0. The van der Waals surface area contributed by atoms with Crippen molar-refractivity contribution in [2.75, 3.05) is 18.0 Å². The molecule has 2 aliphatic rings. The average Bonchev–Trinajstić information content (AvgIpc) is 3.17. The molecule has 2 aromatic heterocycles. The number of aromatic nitrogens is 4. The Bertz CT molecular complexity index is 664. The first-order valence-electron chi connectivity index (χ1n) is 7.46. The van der Waals surface area contributed by atoms with E-state index in [4.69, 9.17) is 0 Å². The molecular weight excluding hydrogens is 280 g/mol. The summed E-state index contributed by atoms with van der Waals surface area (Å²) in [6, 6.07) is 4.07. The van der Waals surface area contributed by atoms with Gasteiger partial charge in [0.15, 0.2) is 0 Å². The van der Waals surface area contributed by atoms with Gasteiger partial charge >= 0.3 is 0 Å². The van der Waals surface area contributed by atoms with E-state index in [2.05, 4.69) is 25.1 Å². The molecule has 4 rings (SSSR count). The highest BCUT2D eigenvalue weighted by atomic mass is 16.2. The summed E-state index contributed by atoms with van der Waals surface area (Å²) in [6.07, 6.45) is 8.51. The number of fused-ring (bicyclic) bond motifs is 1. The monoisotopic (exact) mass is 296 g/mol. The molecule has 2 aromatic rings. The lowest BCUT2D eigenvalue weighted by atomic mass is 10.1. The number of hydrogen-bond donors (Lipinski definition) is 0. The molecule has 0 N–H and O–H groups in total. The highest BCUT2D eigenvalue weighted by Crippen LogP contribution is 2.34. The van der Waals surface area contributed by atoms with Crippen LogP contribution in [0.2, 0.25) is 0 Å². The minimum absolute atomic E-state index is 0.0400. The van der Waals surface area contributed by atoms with Gasteiger partial charge in [-0.25, -0.2) is 9.97 Å². The van der Waals surface area contributed by atoms with Gasteiger partial charge in [0.05, 0.1) is 30.0 Å². The van der Waals surface area contributed by atoms with Gasteiger partial charge in [0.1, 0.15) is 0 Å². The minimum atomic E-state index is 0.0400. The van der Waals surface area contributed by atoms with Crippen LogP contribution in [0.3, 0.4) is 0 Å². The molecule has 1 amide bonds. The van der Waals surface area contributed by atoms with E-state index in [9.17, 15) is 4.79 Å². The SMILES string of the molecule is O=C(c1ccnnc1)N1CC[C@@H]2[C@@H]1CCN2c1ncccn1. The molecule has 0 radical (unpaired) electrons. The van der Waals surface area contributed by atoms with Crippen molar-refractivity contribution in [2.24, 2.45) is 0 Å². The Morgan fingerprint density at radius 1 is 1.05 bits per heavy atom. The maximum absolute atomic E-state index is 12.6. The van der Waals surface area contributed by atoms with E-state index in [0.717, 1.165) is 31.9 Å². The fourth-order valence-corrected chi connectivity index (χ4v) is 3.51. The quantitative estimate of drug-likeness (QED) is 0.814. The molecule has 7 nitrogen and oxygen atoms in total. The Balaban J connectivity index is 1.55. The van der Waals surface area contributed by atoms with Gasteiger partial charge in [-0.1, -0.05) is 0 Å². The highest BCUT2D eigenvalue weighted by molar-refractivity contribution is 5.94. The third kappa shape index (κ3) is 2.09. The van der Waals surface area contributed by atoms with Crippen LogP contribution in [0.1, 0.15) is 23.2 Å². The molecular formula is C15H16N6O. The van der Waals surface area contributed by atoms with E-state index in [1.54, 1.807) is 24.7 Å². The van der Waals surface area contributed by atoms with Crippen LogP contribution in [0.5, 0.6) is 0 Å². The standard InChI is InChI=1S/C15H16N6O/c22-14(11-2-7-18-19-10-11)20-8-3-13-12(20)4-9-21(13)15-16-5-1-6-17-15/h1-2,5-7,10,12-13H,3-4,8-9H2/t12-,13+/m0/s1. The zero-order chi connectivity index (χ0) is 14.9. The summed E-state index contributed by atoms with van der Waals surface area (Å²) in [6.45, 7) is 1.65. The van der Waals surface area contributed by atoms with Crippen LogP contribution in [0, 0.1) is 0 Å². The first-order chi connectivity index (χ1) is 10.8. The van der Waals surface area contributed by atoms with Crippen LogP contribution in [0.25, 0.3) is 0 Å². The van der Waals surface area contributed by atoms with Crippen LogP contribution in [-0.2, 0) is 0 Å². The van der Waals surface area contributed by atoms with Crippen LogP contribution < -0.4 is 4.90 Å². The fraction of sp³-hybridized carbons (Fsp3) is 0.400. The van der Waals surface area contributed by atoms with E-state index >= 15 is 0 Å². The van der Waals surface area contributed by atoms with Crippen molar-refractivity contribution < 1.29 is 4.79 Å². The van der Waals surface area contributed by atoms with Gasteiger partial charge in [-0.05, 0) is 25.0 Å². The molecule has 0 saturated carbocycles. The summed E-state index contributed by atoms with van der Waals surface area (Å²) in [5, 5.41) is 7.52. The summed E-state index contributed by atoms with van der Waals surface area (Å²) < 4.78 is 0. The number of likely N-dealkylation sites (tertiary alicyclic amines) is 1. The normalized spacial score (nSPS) is 23.6. The molecule has 0 spiro atoms. The molecule has 2 aliphatic heterocycles. The van der Waals surface area contributed by atoms with Crippen LogP contribution in [-0.4, -0.2) is 56.1 Å². The number of amides is 1. The average molecular weight is 296 g/mol. The Labute approximate surface area is 128 Å². The second kappa shape index (κ2) is 5.32. The first-order valence-corrected chi connectivity index (χ1v) is 7.46. The van der Waals surface area contributed by atoms with Gasteiger partial charge in [0.2, 0.25) is 5.95 Å². The topological polar surface area (TPSA) is 75.1 Å². The van der Waals surface area contributed by atoms with Gasteiger partial charge in [-0.15, -0.1) is 0 Å². The van der Waals surface area contributed by atoms with Crippen molar-refractivity contribution in [3.05, 3.63) is 42.5 Å². The van der Waals surface area contributed by atoms with Crippen molar-refractivity contribution in [1.29, 1.82) is 0 Å². The van der Waals surface area contributed by atoms with Crippen molar-refractivity contribution in [2.45, 2.75) is 24.9 Å². The van der Waals surface area contributed by atoms with E-state index in [-0.39, 0.29) is 11.9 Å². The van der Waals surface area contributed by atoms with Crippen molar-refractivity contribution in [3.63, 3.8) is 0 Å². The molecule has 2 atom stereocenters. The smallest absolute Gasteiger partial charge is 0.255 e. The molecule has 2 saturated heterocycles. The van der Waals surface area contributed by atoms with Crippen LogP contribution >= 0.6 is 0 Å². The lowest BCUT2D eigenvalue weighted by Gasteiger charge is -2.25. The van der Waals surface area contributed by atoms with Gasteiger partial charge in [0, 0.05) is 25.5 Å². The van der Waals surface area contributed by atoms with Gasteiger partial charge in [-0.3, -0.25) is 4.79 Å². The predicted octanol–water partition coefficient (Wildman–Crippen LogP) is 0.760. The molecule has 0 unspecified atom stereocenters. The zero-order valence-corrected chi connectivity index (χ0v) is 12.0. The van der Waals surface area contributed by atoms with E-state index < -0.39 is 0 Å². The molecule has 0 aromatic carbocycles. The van der Waals surface area contributed by atoms with Crippen LogP contribution in [0.4, 0.5) is 5.95 Å². The largest absolute Gasteiger partial charge is 0.336 e. The van der Waals surface area contributed by atoms with Crippen molar-refractivity contribution in [1.82, 2.24) is 25.1 Å². The van der Waals surface area contributed by atoms with Gasteiger partial charge in [0.25, 0.3) is 5.91 Å². The van der Waals surface area contributed by atoms with Crippen molar-refractivity contribution >= 4 is 11.9 Å². The number of rotatable bonds is 2. The third-order valence-corrected chi connectivity index (χ3v) is 4.48. The molecule has 2 fully saturated rings. The lowest BCUT2D eigenvalue weighted by Crippen LogP contribution is -2.40. The van der Waals surface area contributed by atoms with E-state index in [1.165, 1.54) is 6.20 Å². The Morgan fingerprint density at radius 2 is 1.86 bits per heavy atom.